The predicted molar refractivity (Wildman–Crippen MR) is 520 cm³/mol. The summed E-state index contributed by atoms with van der Waals surface area (Å²) >= 11 is 17.7. The molecular formula is C87H112N20S10. The number of rotatable bonds is 28. The number of likely N-dealkylation sites (N-methyl/N-ethyl adjacent to an activating group) is 3. The fraction of sp³-hybridized carbons (Fsp3) is 0.368. The second kappa shape index (κ2) is 46.9. The van der Waals surface area contributed by atoms with Crippen molar-refractivity contribution in [2.24, 2.45) is 53.6 Å². The molecule has 0 radical (unpaired) electrons. The normalized spacial score (nSPS) is 15.7. The number of fused-ring (bicyclic) bond motifs is 5. The van der Waals surface area contributed by atoms with Crippen LogP contribution >= 0.6 is 115 Å². The highest BCUT2D eigenvalue weighted by atomic mass is 32.2. The Morgan fingerprint density at radius 2 is 0.641 bits per heavy atom. The predicted octanol–water partition coefficient (Wildman–Crippen LogP) is 17.0. The summed E-state index contributed by atoms with van der Waals surface area (Å²) in [6.07, 6.45) is 3.88. The maximum absolute atomic E-state index is 6.16. The molecule has 117 heavy (non-hydrogen) atoms. The van der Waals surface area contributed by atoms with Crippen molar-refractivity contribution in [2.45, 2.75) is 57.6 Å². The molecule has 620 valence electrons. The third kappa shape index (κ3) is 26.7. The maximum Gasteiger partial charge on any atom is 0.141 e. The van der Waals surface area contributed by atoms with Gasteiger partial charge in [-0.2, -0.15) is 0 Å². The van der Waals surface area contributed by atoms with E-state index in [1.807, 2.05) is 159 Å². The van der Waals surface area contributed by atoms with Crippen LogP contribution in [-0.2, 0) is 0 Å². The number of hydrogen-bond donors (Lipinski definition) is 8. The minimum Gasteiger partial charge on any atom is -0.383 e. The summed E-state index contributed by atoms with van der Waals surface area (Å²) in [5.74, 6) is 8.65. The molecule has 0 saturated carbocycles. The molecule has 6 aliphatic rings. The van der Waals surface area contributed by atoms with Gasteiger partial charge in [0.15, 0.2) is 0 Å². The average Bonchev–Trinajstić information content (AvgIpc) is 1.23. The highest BCUT2D eigenvalue weighted by Crippen LogP contribution is 2.43. The summed E-state index contributed by atoms with van der Waals surface area (Å²) in [5.41, 5.74) is 41.7. The first-order chi connectivity index (χ1) is 57.2. The smallest absolute Gasteiger partial charge is 0.141 e. The van der Waals surface area contributed by atoms with Crippen LogP contribution in [0.5, 0.6) is 0 Å². The average molecular weight is 1760 g/mol. The minimum atomic E-state index is 0.584. The van der Waals surface area contributed by atoms with Gasteiger partial charge in [-0.25, -0.2) is 25.0 Å². The van der Waals surface area contributed by atoms with Crippen LogP contribution < -0.4 is 69.1 Å². The molecule has 0 amide bonds. The molecule has 5 aromatic heterocycles. The van der Waals surface area contributed by atoms with Crippen molar-refractivity contribution in [3.8, 4) is 0 Å². The summed E-state index contributed by atoms with van der Waals surface area (Å²) in [6, 6.07) is 52.0. The van der Waals surface area contributed by atoms with E-state index >= 15 is 0 Å². The largest absolute Gasteiger partial charge is 0.383 e. The Morgan fingerprint density at radius 3 is 0.915 bits per heavy atom. The number of thioether (sulfide) groups is 5. The molecule has 1 saturated heterocycles. The highest BCUT2D eigenvalue weighted by molar-refractivity contribution is 8.00. The molecule has 5 aromatic carbocycles. The number of aliphatic imine (C=N–C) groups is 5. The fourth-order valence-electron chi connectivity index (χ4n) is 13.6. The van der Waals surface area contributed by atoms with Crippen LogP contribution in [0.1, 0.15) is 57.5 Å². The van der Waals surface area contributed by atoms with Gasteiger partial charge < -0.3 is 78.9 Å². The standard InChI is InChI=1S/C19H24N4S2.C18H24N4S2.2C17H22N4S2.C16H20N4S2/c20-19(18-4-3-12-24-18)21-15-5-6-17-16(14-15)23(11-13-25-17)10-9-22-7-1-2-8-22;1-2-7-20-8-9-22-10-12-24-16-6-5-14(13-15(16)22)21-18(19)17-4-3-11-23-17;1-20(2)7-8-21-9-11-23-15-6-5-13(12-14(15)21)19-17(18)16-4-3-10-22-16;1-2-19-7-8-21-9-11-23-15-6-5-13(12-14(15)21)20-17(18)16-4-3-10-22-16;1-18-6-7-20-8-10-22-14-5-4-12(11-13(14)20)19-16(17)15-3-2-9-21-15/h3-6,12,14H,1-2,7-11,13H2,(H2,20,21);3-6,11,13,20H,2,7-10,12H2,1H3,(H2,19,21);3-6,10,12H,7-9,11H2,1-2H3,(H2,18,19);3-6,10,12,19H,2,7-9,11H2,1H3,(H2,18,20);2-5,9,11,18H,6-8,10H2,1H3,(H2,17,19). The van der Waals surface area contributed by atoms with Crippen molar-refractivity contribution in [3.63, 3.8) is 0 Å². The van der Waals surface area contributed by atoms with Crippen LogP contribution in [-0.4, -0.2) is 213 Å². The Labute approximate surface area is 733 Å². The van der Waals surface area contributed by atoms with Crippen LogP contribution in [0.3, 0.4) is 0 Å². The molecule has 0 atom stereocenters. The molecule has 0 unspecified atom stereocenters. The van der Waals surface area contributed by atoms with E-state index in [0.29, 0.717) is 29.2 Å². The monoisotopic (exact) mass is 1760 g/mol. The molecule has 6 aliphatic heterocycles. The van der Waals surface area contributed by atoms with Crippen LogP contribution in [0, 0.1) is 0 Å². The Kier molecular flexibility index (Phi) is 35.6. The van der Waals surface area contributed by atoms with Gasteiger partial charge in [-0.3, -0.25) is 0 Å². The van der Waals surface area contributed by atoms with Crippen molar-refractivity contribution in [1.82, 2.24) is 25.8 Å². The van der Waals surface area contributed by atoms with E-state index in [-0.39, 0.29) is 0 Å². The number of likely N-dealkylation sites (tertiary alicyclic amines) is 1. The van der Waals surface area contributed by atoms with Crippen LogP contribution in [0.2, 0.25) is 0 Å². The lowest BCUT2D eigenvalue weighted by Gasteiger charge is -2.32. The van der Waals surface area contributed by atoms with E-state index in [2.05, 4.69) is 188 Å². The van der Waals surface area contributed by atoms with Crippen LogP contribution in [0.25, 0.3) is 0 Å². The number of nitrogens with one attached hydrogen (secondary N) is 3. The van der Waals surface area contributed by atoms with Crippen molar-refractivity contribution in [1.29, 1.82) is 0 Å². The van der Waals surface area contributed by atoms with E-state index < -0.39 is 0 Å². The number of nitrogens with zero attached hydrogens (tertiary/aromatic N) is 12. The SMILES string of the molecule is CCCNCCN1CCSc2ccc(N=C(N)c3cccs3)cc21.CCNCCN1CCSc2ccc(N=C(N)c3cccs3)cc21.CN(C)CCN1CCSc2ccc(N=C(N)c3cccs3)cc21.CNCCN1CCSc2ccc(N=C(N)c3cccs3)cc21.NC(=Nc1ccc2c(c1)N(CCN1CCCC1)CCS2)c1cccs1. The molecule has 0 aliphatic carbocycles. The quantitative estimate of drug-likeness (QED) is 0.0129. The molecule has 0 spiro atoms. The number of nitrogens with two attached hydrogens (primary N) is 5. The lowest BCUT2D eigenvalue weighted by molar-refractivity contribution is 0.345. The summed E-state index contributed by atoms with van der Waals surface area (Å²) < 4.78 is 0. The molecule has 10 aromatic rings. The van der Waals surface area contributed by atoms with Gasteiger partial charge >= 0.3 is 0 Å². The molecule has 1 fully saturated rings. The van der Waals surface area contributed by atoms with E-state index in [1.165, 1.54) is 85.3 Å². The zero-order valence-corrected chi connectivity index (χ0v) is 75.9. The molecule has 20 nitrogen and oxygen atoms in total. The van der Waals surface area contributed by atoms with Gasteiger partial charge in [0.2, 0.25) is 0 Å². The van der Waals surface area contributed by atoms with E-state index in [4.69, 9.17) is 28.7 Å². The number of benzene rings is 5. The third-order valence-corrected chi connectivity index (χ3v) is 29.4. The summed E-state index contributed by atoms with van der Waals surface area (Å²) in [7, 11) is 6.21. The molecule has 30 heteroatoms. The Balaban J connectivity index is 0.000000135. The van der Waals surface area contributed by atoms with Crippen molar-refractivity contribution >= 4 is 202 Å². The van der Waals surface area contributed by atoms with Gasteiger partial charge in [0.25, 0.3) is 0 Å². The first kappa shape index (κ1) is 88.8. The highest BCUT2D eigenvalue weighted by Gasteiger charge is 2.25. The fourth-order valence-corrected chi connectivity index (χ4v) is 21.9. The minimum absolute atomic E-state index is 0.584. The third-order valence-electron chi connectivity index (χ3n) is 19.8. The summed E-state index contributed by atoms with van der Waals surface area (Å²) in [6.45, 7) is 24.8. The van der Waals surface area contributed by atoms with Crippen LogP contribution in [0.4, 0.5) is 56.9 Å². The molecule has 0 bridgehead atoms. The zero-order valence-electron chi connectivity index (χ0n) is 67.7. The van der Waals surface area contributed by atoms with Crippen LogP contribution in [0.15, 0.2) is 228 Å². The lowest BCUT2D eigenvalue weighted by atomic mass is 10.2. The molecule has 13 N–H and O–H groups in total. The van der Waals surface area contributed by atoms with Gasteiger partial charge in [-0.05, 0) is 215 Å². The van der Waals surface area contributed by atoms with Crippen molar-refractivity contribution in [2.75, 3.05) is 199 Å². The van der Waals surface area contributed by atoms with E-state index in [9.17, 15) is 0 Å². The number of thiophene rings is 5. The number of hydrogen-bond acceptors (Lipinski definition) is 25. The second-order valence-electron chi connectivity index (χ2n) is 28.4. The Morgan fingerprint density at radius 1 is 0.350 bits per heavy atom. The topological polar surface area (TPSA) is 251 Å². The molecule has 16 rings (SSSR count). The van der Waals surface area contributed by atoms with Gasteiger partial charge in [-0.1, -0.05) is 44.2 Å². The number of anilines is 5. The van der Waals surface area contributed by atoms with Gasteiger partial charge in [-0.15, -0.1) is 115 Å². The lowest BCUT2D eigenvalue weighted by Crippen LogP contribution is -2.36. The van der Waals surface area contributed by atoms with Gasteiger partial charge in [0, 0.05) is 151 Å². The van der Waals surface area contributed by atoms with Crippen molar-refractivity contribution in [3.05, 3.63) is 203 Å². The second-order valence-corrected chi connectivity index (χ2v) is 38.8. The van der Waals surface area contributed by atoms with E-state index in [1.54, 1.807) is 56.7 Å². The van der Waals surface area contributed by atoms with Gasteiger partial charge in [0.1, 0.15) is 29.2 Å². The maximum atomic E-state index is 6.16. The molecular weight excluding hydrogens is 1650 g/mol. The first-order valence-corrected chi connectivity index (χ1v) is 49.5. The first-order valence-electron chi connectivity index (χ1n) is 40.2. The van der Waals surface area contributed by atoms with E-state index in [0.717, 1.165) is 193 Å². The zero-order chi connectivity index (χ0) is 81.5. The van der Waals surface area contributed by atoms with Gasteiger partial charge in [0.05, 0.1) is 81.3 Å². The molecule has 11 heterocycles. The van der Waals surface area contributed by atoms with Crippen molar-refractivity contribution < 1.29 is 0 Å². The Hall–Kier alpha value is -7.50. The Bertz CT molecular complexity index is 4810. The summed E-state index contributed by atoms with van der Waals surface area (Å²) in [5, 5.41) is 20.2. The summed E-state index contributed by atoms with van der Waals surface area (Å²) in [4.78, 5) is 51.9. The number of amidine groups is 5.